The van der Waals surface area contributed by atoms with Crippen LogP contribution in [0.5, 0.6) is 5.75 Å². The second-order valence-electron chi connectivity index (χ2n) is 9.32. The van der Waals surface area contributed by atoms with E-state index in [2.05, 4.69) is 50.5 Å². The number of hydrogen-bond acceptors (Lipinski definition) is 5. The van der Waals surface area contributed by atoms with Gasteiger partial charge in [0.1, 0.15) is 11.6 Å². The van der Waals surface area contributed by atoms with E-state index in [1.807, 2.05) is 24.3 Å². The van der Waals surface area contributed by atoms with Gasteiger partial charge in [-0.1, -0.05) is 24.3 Å². The fourth-order valence-corrected chi connectivity index (χ4v) is 5.52. The summed E-state index contributed by atoms with van der Waals surface area (Å²) in [7, 11) is 1.71. The smallest absolute Gasteiger partial charge is 0.227 e. The van der Waals surface area contributed by atoms with Crippen molar-refractivity contribution in [1.29, 1.82) is 0 Å². The monoisotopic (exact) mass is 461 g/mol. The quantitative estimate of drug-likeness (QED) is 0.561. The van der Waals surface area contributed by atoms with Crippen molar-refractivity contribution in [3.8, 4) is 5.75 Å². The van der Waals surface area contributed by atoms with Gasteiger partial charge in [0.05, 0.1) is 36.3 Å². The number of hydrogen-bond donors (Lipinski definition) is 0. The maximum Gasteiger partial charge on any atom is 0.227 e. The number of aryl methyl sites for hydroxylation is 1. The Morgan fingerprint density at radius 1 is 1.03 bits per heavy atom. The zero-order valence-electron chi connectivity index (χ0n) is 20.3. The van der Waals surface area contributed by atoms with Crippen LogP contribution in [0.4, 0.5) is 5.69 Å². The highest BCUT2D eigenvalue weighted by molar-refractivity contribution is 5.79. The van der Waals surface area contributed by atoms with Crippen LogP contribution in [-0.4, -0.2) is 71.6 Å². The molecule has 0 saturated carbocycles. The fraction of sp³-hybridized carbons (Fsp3) is 0.481. The normalized spacial score (nSPS) is 19.5. The zero-order valence-corrected chi connectivity index (χ0v) is 20.3. The van der Waals surface area contributed by atoms with Gasteiger partial charge < -0.3 is 19.1 Å². The van der Waals surface area contributed by atoms with Crippen molar-refractivity contribution in [2.45, 2.75) is 32.9 Å². The number of likely N-dealkylation sites (tertiary alicyclic amines) is 1. The first kappa shape index (κ1) is 22.7. The van der Waals surface area contributed by atoms with Gasteiger partial charge in [-0.15, -0.1) is 0 Å². The summed E-state index contributed by atoms with van der Waals surface area (Å²) in [5, 5.41) is 0. The zero-order chi connectivity index (χ0) is 23.5. The average molecular weight is 462 g/mol. The van der Waals surface area contributed by atoms with Gasteiger partial charge in [0.15, 0.2) is 0 Å². The molecule has 0 N–H and O–H groups in total. The number of piperazine rings is 1. The molecule has 7 heteroatoms. The lowest BCUT2D eigenvalue weighted by molar-refractivity contribution is -0.137. The standard InChI is InChI=1S/C27H35N5O2/c1-3-32-23-11-5-4-10-22(23)28-26(32)20-29-14-8-9-21(19-29)27(33)31-17-15-30(16-18-31)24-12-6-7-13-25(24)34-2/h4-7,10-13,21H,3,8-9,14-20H2,1-2H3/t21-/m1/s1. The van der Waals surface area contributed by atoms with E-state index >= 15 is 0 Å². The van der Waals surface area contributed by atoms with Gasteiger partial charge in [-0.2, -0.15) is 0 Å². The molecule has 7 nitrogen and oxygen atoms in total. The molecule has 34 heavy (non-hydrogen) atoms. The van der Waals surface area contributed by atoms with Crippen LogP contribution < -0.4 is 9.64 Å². The van der Waals surface area contributed by atoms with E-state index in [4.69, 9.17) is 9.72 Å². The number of aromatic nitrogens is 2. The number of fused-ring (bicyclic) bond motifs is 1. The maximum atomic E-state index is 13.4. The molecule has 1 atom stereocenters. The summed E-state index contributed by atoms with van der Waals surface area (Å²) in [6, 6.07) is 16.5. The van der Waals surface area contributed by atoms with E-state index in [0.717, 1.165) is 88.0 Å². The van der Waals surface area contributed by atoms with E-state index in [1.54, 1.807) is 7.11 Å². The molecule has 180 valence electrons. The van der Waals surface area contributed by atoms with Crippen LogP contribution in [0.3, 0.4) is 0 Å². The van der Waals surface area contributed by atoms with E-state index in [9.17, 15) is 4.79 Å². The lowest BCUT2D eigenvalue weighted by Crippen LogP contribution is -2.52. The summed E-state index contributed by atoms with van der Waals surface area (Å²) in [5.41, 5.74) is 3.36. The molecule has 2 aromatic carbocycles. The molecule has 2 aliphatic rings. The third-order valence-corrected chi connectivity index (χ3v) is 7.29. The Morgan fingerprint density at radius 2 is 1.79 bits per heavy atom. The number of imidazole rings is 1. The minimum atomic E-state index is 0.0750. The number of rotatable bonds is 6. The van der Waals surface area contributed by atoms with Crippen molar-refractivity contribution >= 4 is 22.6 Å². The molecule has 2 fully saturated rings. The number of amides is 1. The summed E-state index contributed by atoms with van der Waals surface area (Å²) in [6.45, 7) is 8.92. The van der Waals surface area contributed by atoms with Crippen LogP contribution in [-0.2, 0) is 17.9 Å². The molecule has 1 aromatic heterocycles. The molecule has 0 bridgehead atoms. The third kappa shape index (κ3) is 4.49. The molecular formula is C27H35N5O2. The van der Waals surface area contributed by atoms with Crippen LogP contribution in [0.25, 0.3) is 11.0 Å². The van der Waals surface area contributed by atoms with Gasteiger partial charge in [0.2, 0.25) is 5.91 Å². The van der Waals surface area contributed by atoms with Crippen LogP contribution in [0, 0.1) is 5.92 Å². The molecule has 1 amide bonds. The van der Waals surface area contributed by atoms with E-state index in [0.29, 0.717) is 5.91 Å². The first-order chi connectivity index (χ1) is 16.7. The fourth-order valence-electron chi connectivity index (χ4n) is 5.52. The Kier molecular flexibility index (Phi) is 6.72. The predicted octanol–water partition coefficient (Wildman–Crippen LogP) is 3.63. The Hall–Kier alpha value is -3.06. The highest BCUT2D eigenvalue weighted by Gasteiger charge is 2.32. The van der Waals surface area contributed by atoms with Crippen molar-refractivity contribution in [3.05, 3.63) is 54.4 Å². The van der Waals surface area contributed by atoms with Gasteiger partial charge in [-0.05, 0) is 50.6 Å². The Morgan fingerprint density at radius 3 is 2.59 bits per heavy atom. The van der Waals surface area contributed by atoms with E-state index in [-0.39, 0.29) is 5.92 Å². The Balaban J connectivity index is 1.20. The van der Waals surface area contributed by atoms with Crippen molar-refractivity contribution in [3.63, 3.8) is 0 Å². The number of benzene rings is 2. The highest BCUT2D eigenvalue weighted by atomic mass is 16.5. The number of nitrogens with zero attached hydrogens (tertiary/aromatic N) is 5. The SMILES string of the molecule is CCn1c(CN2CCC[C@@H](C(=O)N3CCN(c4ccccc4OC)CC3)C2)nc2ccccc21. The van der Waals surface area contributed by atoms with Gasteiger partial charge in [0.25, 0.3) is 0 Å². The van der Waals surface area contributed by atoms with Crippen molar-refractivity contribution in [2.24, 2.45) is 5.92 Å². The molecular weight excluding hydrogens is 426 g/mol. The summed E-state index contributed by atoms with van der Waals surface area (Å²) in [4.78, 5) is 25.1. The van der Waals surface area contributed by atoms with Crippen molar-refractivity contribution in [2.75, 3.05) is 51.3 Å². The topological polar surface area (TPSA) is 53.8 Å². The van der Waals surface area contributed by atoms with Gasteiger partial charge >= 0.3 is 0 Å². The third-order valence-electron chi connectivity index (χ3n) is 7.29. The van der Waals surface area contributed by atoms with Gasteiger partial charge in [-0.25, -0.2) is 4.98 Å². The lowest BCUT2D eigenvalue weighted by atomic mass is 9.96. The summed E-state index contributed by atoms with van der Waals surface area (Å²) >= 11 is 0. The van der Waals surface area contributed by atoms with Crippen LogP contribution >= 0.6 is 0 Å². The Bertz CT molecular complexity index is 1140. The first-order valence-corrected chi connectivity index (χ1v) is 12.5. The molecule has 0 unspecified atom stereocenters. The first-order valence-electron chi connectivity index (χ1n) is 12.5. The van der Waals surface area contributed by atoms with E-state index in [1.165, 1.54) is 5.52 Å². The van der Waals surface area contributed by atoms with E-state index < -0.39 is 0 Å². The van der Waals surface area contributed by atoms with Crippen molar-refractivity contribution < 1.29 is 9.53 Å². The summed E-state index contributed by atoms with van der Waals surface area (Å²) in [6.07, 6.45) is 2.04. The molecule has 3 aromatic rings. The minimum Gasteiger partial charge on any atom is -0.495 e. The second-order valence-corrected chi connectivity index (χ2v) is 9.32. The van der Waals surface area contributed by atoms with Crippen LogP contribution in [0.15, 0.2) is 48.5 Å². The number of methoxy groups -OCH3 is 1. The number of ether oxygens (including phenoxy) is 1. The number of carbonyl (C=O) groups excluding carboxylic acids is 1. The summed E-state index contributed by atoms with van der Waals surface area (Å²) in [5.74, 6) is 2.38. The molecule has 3 heterocycles. The number of carbonyl (C=O) groups is 1. The molecule has 5 rings (SSSR count). The molecule has 0 radical (unpaired) electrons. The maximum absolute atomic E-state index is 13.4. The predicted molar refractivity (Wildman–Crippen MR) is 135 cm³/mol. The second kappa shape index (κ2) is 10.1. The largest absolute Gasteiger partial charge is 0.495 e. The molecule has 0 aliphatic carbocycles. The average Bonchev–Trinajstić information content (AvgIpc) is 3.25. The number of para-hydroxylation sites is 4. The van der Waals surface area contributed by atoms with Gasteiger partial charge in [-0.3, -0.25) is 9.69 Å². The molecule has 2 saturated heterocycles. The molecule has 2 aliphatic heterocycles. The minimum absolute atomic E-state index is 0.0750. The van der Waals surface area contributed by atoms with Crippen molar-refractivity contribution in [1.82, 2.24) is 19.4 Å². The highest BCUT2D eigenvalue weighted by Crippen LogP contribution is 2.29. The summed E-state index contributed by atoms with van der Waals surface area (Å²) < 4.78 is 7.83. The number of piperidine rings is 1. The van der Waals surface area contributed by atoms with Crippen LogP contribution in [0.1, 0.15) is 25.6 Å². The van der Waals surface area contributed by atoms with Crippen LogP contribution in [0.2, 0.25) is 0 Å². The number of anilines is 1. The van der Waals surface area contributed by atoms with Gasteiger partial charge in [0, 0.05) is 39.3 Å². The lowest BCUT2D eigenvalue weighted by Gasteiger charge is -2.40. The molecule has 0 spiro atoms. The Labute approximate surface area is 201 Å².